The highest BCUT2D eigenvalue weighted by Crippen LogP contribution is 2.30. The number of nitrogens with zero attached hydrogens (tertiary/aromatic N) is 1. The minimum absolute atomic E-state index is 0.181. The van der Waals surface area contributed by atoms with E-state index in [1.54, 1.807) is 42.6 Å². The van der Waals surface area contributed by atoms with Crippen LogP contribution in [0.25, 0.3) is 0 Å². The highest BCUT2D eigenvalue weighted by atomic mass is 32.2. The number of nitrogens with one attached hydrogen (secondary N) is 2. The zero-order valence-corrected chi connectivity index (χ0v) is 18.6. The number of carbonyl (C=O) groups excluding carboxylic acids is 1. The van der Waals surface area contributed by atoms with E-state index in [2.05, 4.69) is 28.0 Å². The van der Waals surface area contributed by atoms with Crippen LogP contribution in [-0.4, -0.2) is 25.6 Å². The summed E-state index contributed by atoms with van der Waals surface area (Å²) in [7, 11) is -3.41. The topological polar surface area (TPSA) is 88.2 Å². The lowest BCUT2D eigenvalue weighted by Gasteiger charge is -2.13. The predicted octanol–water partition coefficient (Wildman–Crippen LogP) is 4.15. The number of hydrogen-bond acceptors (Lipinski definition) is 5. The van der Waals surface area contributed by atoms with Crippen LogP contribution >= 0.6 is 11.8 Å². The van der Waals surface area contributed by atoms with E-state index in [-0.39, 0.29) is 12.5 Å². The number of rotatable bonds is 7. The molecular formula is C22H23N3O3S2. The number of anilines is 1. The molecule has 0 unspecified atom stereocenters. The molecular weight excluding hydrogens is 418 g/mol. The highest BCUT2D eigenvalue weighted by molar-refractivity contribution is 7.99. The summed E-state index contributed by atoms with van der Waals surface area (Å²) in [6, 6.07) is 16.5. The number of aromatic nitrogens is 1. The van der Waals surface area contributed by atoms with Gasteiger partial charge in [0.05, 0.1) is 17.5 Å². The smallest absolute Gasteiger partial charge is 0.254 e. The van der Waals surface area contributed by atoms with Gasteiger partial charge in [0.15, 0.2) is 0 Å². The molecule has 2 N–H and O–H groups in total. The molecule has 1 amide bonds. The molecule has 0 saturated carbocycles. The van der Waals surface area contributed by atoms with Crippen molar-refractivity contribution in [3.8, 4) is 0 Å². The number of benzene rings is 2. The van der Waals surface area contributed by atoms with Gasteiger partial charge in [-0.3, -0.25) is 9.52 Å². The maximum absolute atomic E-state index is 12.8. The molecule has 0 bridgehead atoms. The minimum atomic E-state index is -3.41. The summed E-state index contributed by atoms with van der Waals surface area (Å²) >= 11 is 1.43. The molecule has 30 heavy (non-hydrogen) atoms. The van der Waals surface area contributed by atoms with Crippen LogP contribution in [0.15, 0.2) is 70.7 Å². The molecule has 0 saturated heterocycles. The van der Waals surface area contributed by atoms with Gasteiger partial charge in [0.1, 0.15) is 5.03 Å². The first-order chi connectivity index (χ1) is 14.2. The third-order valence-corrected chi connectivity index (χ3v) is 6.06. The zero-order valence-electron chi connectivity index (χ0n) is 17.0. The van der Waals surface area contributed by atoms with Crippen LogP contribution in [0.2, 0.25) is 0 Å². The number of para-hydroxylation sites is 1. The Morgan fingerprint density at radius 2 is 1.80 bits per heavy atom. The Hall–Kier alpha value is -2.84. The quantitative estimate of drug-likeness (QED) is 0.575. The molecule has 0 radical (unpaired) electrons. The lowest BCUT2D eigenvalue weighted by molar-refractivity contribution is 0.0947. The number of carbonyl (C=O) groups is 1. The van der Waals surface area contributed by atoms with E-state index in [9.17, 15) is 13.2 Å². The van der Waals surface area contributed by atoms with Crippen molar-refractivity contribution in [2.75, 3.05) is 11.0 Å². The summed E-state index contributed by atoms with van der Waals surface area (Å²) < 4.78 is 25.6. The Labute approximate surface area is 181 Å². The Balaban J connectivity index is 1.76. The molecule has 156 valence electrons. The molecule has 3 rings (SSSR count). The maximum Gasteiger partial charge on any atom is 0.254 e. The third kappa shape index (κ3) is 5.84. The Morgan fingerprint density at radius 3 is 2.53 bits per heavy atom. The van der Waals surface area contributed by atoms with Crippen LogP contribution in [0.1, 0.15) is 27.0 Å². The van der Waals surface area contributed by atoms with Gasteiger partial charge in [0, 0.05) is 17.6 Å². The van der Waals surface area contributed by atoms with Crippen molar-refractivity contribution < 1.29 is 13.2 Å². The molecule has 3 aromatic rings. The van der Waals surface area contributed by atoms with Gasteiger partial charge in [0.25, 0.3) is 5.91 Å². The van der Waals surface area contributed by atoms with Crippen molar-refractivity contribution >= 4 is 33.4 Å². The lowest BCUT2D eigenvalue weighted by Crippen LogP contribution is -2.24. The van der Waals surface area contributed by atoms with Crippen LogP contribution in [0, 0.1) is 13.8 Å². The maximum atomic E-state index is 12.8. The first-order valence-corrected chi connectivity index (χ1v) is 12.0. The predicted molar refractivity (Wildman–Crippen MR) is 120 cm³/mol. The van der Waals surface area contributed by atoms with E-state index in [1.807, 2.05) is 19.1 Å². The second-order valence-corrected chi connectivity index (χ2v) is 9.73. The van der Waals surface area contributed by atoms with Gasteiger partial charge in [-0.2, -0.15) is 0 Å². The largest absolute Gasteiger partial charge is 0.348 e. The first-order valence-electron chi connectivity index (χ1n) is 9.27. The fourth-order valence-electron chi connectivity index (χ4n) is 2.78. The second-order valence-electron chi connectivity index (χ2n) is 6.92. The van der Waals surface area contributed by atoms with Crippen LogP contribution in [0.4, 0.5) is 5.69 Å². The number of amides is 1. The summed E-state index contributed by atoms with van der Waals surface area (Å²) in [5, 5.41) is 3.47. The van der Waals surface area contributed by atoms with Crippen molar-refractivity contribution in [2.24, 2.45) is 0 Å². The number of aryl methyl sites for hydroxylation is 2. The minimum Gasteiger partial charge on any atom is -0.348 e. The van der Waals surface area contributed by atoms with Crippen molar-refractivity contribution in [1.82, 2.24) is 10.3 Å². The van der Waals surface area contributed by atoms with E-state index in [0.29, 0.717) is 21.8 Å². The molecule has 0 aliphatic rings. The Morgan fingerprint density at radius 1 is 1.03 bits per heavy atom. The van der Waals surface area contributed by atoms with Gasteiger partial charge < -0.3 is 5.32 Å². The second kappa shape index (κ2) is 9.32. The molecule has 0 atom stereocenters. The van der Waals surface area contributed by atoms with E-state index in [1.165, 1.54) is 22.9 Å². The SMILES string of the molecule is Cc1ccc(Sc2ncccc2C(=O)NCc2ccccc2NS(C)(=O)=O)cc1C. The zero-order chi connectivity index (χ0) is 21.7. The fourth-order valence-corrected chi connectivity index (χ4v) is 4.36. The van der Waals surface area contributed by atoms with Gasteiger partial charge in [-0.15, -0.1) is 0 Å². The normalized spacial score (nSPS) is 11.2. The van der Waals surface area contributed by atoms with E-state index >= 15 is 0 Å². The van der Waals surface area contributed by atoms with Crippen LogP contribution in [-0.2, 0) is 16.6 Å². The van der Waals surface area contributed by atoms with Crippen LogP contribution in [0.5, 0.6) is 0 Å². The van der Waals surface area contributed by atoms with Crippen molar-refractivity contribution in [2.45, 2.75) is 30.3 Å². The number of pyridine rings is 1. The summed E-state index contributed by atoms with van der Waals surface area (Å²) in [5.41, 5.74) is 3.96. The Bertz CT molecular complexity index is 1180. The summed E-state index contributed by atoms with van der Waals surface area (Å²) in [4.78, 5) is 18.2. The molecule has 0 aliphatic heterocycles. The summed E-state index contributed by atoms with van der Waals surface area (Å²) in [6.45, 7) is 4.29. The molecule has 0 aliphatic carbocycles. The van der Waals surface area contributed by atoms with Gasteiger partial charge in [-0.05, 0) is 60.9 Å². The molecule has 1 heterocycles. The molecule has 0 spiro atoms. The molecule has 2 aromatic carbocycles. The van der Waals surface area contributed by atoms with Gasteiger partial charge >= 0.3 is 0 Å². The van der Waals surface area contributed by atoms with E-state index < -0.39 is 10.0 Å². The molecule has 0 fully saturated rings. The average molecular weight is 442 g/mol. The first kappa shape index (κ1) is 21.9. The van der Waals surface area contributed by atoms with Crippen LogP contribution < -0.4 is 10.0 Å². The van der Waals surface area contributed by atoms with Gasteiger partial charge in [-0.1, -0.05) is 36.0 Å². The third-order valence-electron chi connectivity index (χ3n) is 4.46. The monoisotopic (exact) mass is 441 g/mol. The standard InChI is InChI=1S/C22H23N3O3S2/c1-15-10-11-18(13-16(15)2)29-22-19(8-6-12-23-22)21(26)24-14-17-7-4-5-9-20(17)25-30(3,27)28/h4-13,25H,14H2,1-3H3,(H,24,26). The van der Waals surface area contributed by atoms with Crippen molar-refractivity contribution in [1.29, 1.82) is 0 Å². The Kier molecular flexibility index (Phi) is 6.79. The summed E-state index contributed by atoms with van der Waals surface area (Å²) in [6.07, 6.45) is 2.75. The number of hydrogen-bond donors (Lipinski definition) is 2. The number of sulfonamides is 1. The van der Waals surface area contributed by atoms with E-state index in [4.69, 9.17) is 0 Å². The molecule has 6 nitrogen and oxygen atoms in total. The van der Waals surface area contributed by atoms with E-state index in [0.717, 1.165) is 11.2 Å². The van der Waals surface area contributed by atoms with Gasteiger partial charge in [0.2, 0.25) is 10.0 Å². The molecule has 1 aromatic heterocycles. The van der Waals surface area contributed by atoms with Crippen molar-refractivity contribution in [3.05, 3.63) is 83.0 Å². The molecule has 8 heteroatoms. The van der Waals surface area contributed by atoms with Gasteiger partial charge in [-0.25, -0.2) is 13.4 Å². The van der Waals surface area contributed by atoms with Crippen molar-refractivity contribution in [3.63, 3.8) is 0 Å². The lowest BCUT2D eigenvalue weighted by atomic mass is 10.1. The van der Waals surface area contributed by atoms with Crippen LogP contribution in [0.3, 0.4) is 0 Å². The highest BCUT2D eigenvalue weighted by Gasteiger charge is 2.15. The fraction of sp³-hybridized carbons (Fsp3) is 0.182. The summed E-state index contributed by atoms with van der Waals surface area (Å²) in [5.74, 6) is -0.274. The average Bonchev–Trinajstić information content (AvgIpc) is 2.69.